The van der Waals surface area contributed by atoms with Crippen molar-refractivity contribution < 1.29 is 29.4 Å². The van der Waals surface area contributed by atoms with Crippen molar-refractivity contribution in [3.05, 3.63) is 95.7 Å². The van der Waals surface area contributed by atoms with Crippen molar-refractivity contribution in [2.24, 2.45) is 5.73 Å². The van der Waals surface area contributed by atoms with Crippen LogP contribution in [0.1, 0.15) is 59.6 Å². The number of aliphatic carboxylic acids is 1. The number of nitrogens with two attached hydrogens (primary N) is 1. The van der Waals surface area contributed by atoms with E-state index in [4.69, 9.17) is 15.8 Å². The number of imide groups is 1. The van der Waals surface area contributed by atoms with Crippen molar-refractivity contribution in [2.45, 2.75) is 44.9 Å². The molecule has 0 radical (unpaired) electrons. The highest BCUT2D eigenvalue weighted by molar-refractivity contribution is 6.08. The first-order chi connectivity index (χ1) is 21.7. The molecule has 234 valence electrons. The van der Waals surface area contributed by atoms with Crippen LogP contribution in [0.3, 0.4) is 0 Å². The fourth-order valence-electron chi connectivity index (χ4n) is 5.38. The maximum absolute atomic E-state index is 14.7. The molecule has 0 aliphatic carbocycles. The van der Waals surface area contributed by atoms with Crippen LogP contribution in [0.5, 0.6) is 5.75 Å². The zero-order chi connectivity index (χ0) is 32.3. The summed E-state index contributed by atoms with van der Waals surface area (Å²) in [6, 6.07) is 22.9. The molecule has 0 saturated heterocycles. The first kappa shape index (κ1) is 32.8. The van der Waals surface area contributed by atoms with Gasteiger partial charge in [0.05, 0.1) is 11.4 Å². The van der Waals surface area contributed by atoms with Gasteiger partial charge >= 0.3 is 5.97 Å². The van der Waals surface area contributed by atoms with Gasteiger partial charge < -0.3 is 21.3 Å². The van der Waals surface area contributed by atoms with Gasteiger partial charge in [-0.05, 0) is 79.8 Å². The SMILES string of the molecule is Cc1nc2ccccc2c(-c2ccccc2)c1C(CNC(=O)CCCC(=O)O)C(=O)N(CCCCN)C(=O)c1ccc(O)cc1. The Labute approximate surface area is 261 Å². The molecule has 0 spiro atoms. The van der Waals surface area contributed by atoms with Crippen molar-refractivity contribution in [3.63, 3.8) is 0 Å². The van der Waals surface area contributed by atoms with E-state index in [0.717, 1.165) is 22.0 Å². The number of aromatic nitrogens is 1. The van der Waals surface area contributed by atoms with Crippen molar-refractivity contribution in [1.29, 1.82) is 0 Å². The summed E-state index contributed by atoms with van der Waals surface area (Å²) in [5.41, 5.74) is 9.47. The predicted molar refractivity (Wildman–Crippen MR) is 172 cm³/mol. The summed E-state index contributed by atoms with van der Waals surface area (Å²) in [6.45, 7) is 2.15. The van der Waals surface area contributed by atoms with Crippen LogP contribution in [0.2, 0.25) is 0 Å². The van der Waals surface area contributed by atoms with E-state index < -0.39 is 29.6 Å². The van der Waals surface area contributed by atoms with Gasteiger partial charge in [-0.15, -0.1) is 0 Å². The number of para-hydroxylation sites is 1. The first-order valence-electron chi connectivity index (χ1n) is 15.0. The van der Waals surface area contributed by atoms with Gasteiger partial charge in [-0.25, -0.2) is 0 Å². The van der Waals surface area contributed by atoms with Crippen LogP contribution in [-0.2, 0) is 14.4 Å². The molecule has 45 heavy (non-hydrogen) atoms. The van der Waals surface area contributed by atoms with Crippen LogP contribution in [0.25, 0.3) is 22.0 Å². The molecule has 1 unspecified atom stereocenters. The molecule has 10 heteroatoms. The molecule has 5 N–H and O–H groups in total. The molecular weight excluding hydrogens is 572 g/mol. The number of phenolic OH excluding ortho intramolecular Hbond substituents is 1. The number of fused-ring (bicyclic) bond motifs is 1. The number of carboxylic acid groups (broad SMARTS) is 1. The Morgan fingerprint density at radius 2 is 1.58 bits per heavy atom. The second kappa shape index (κ2) is 15.6. The zero-order valence-corrected chi connectivity index (χ0v) is 25.2. The number of phenols is 1. The number of benzene rings is 3. The summed E-state index contributed by atoms with van der Waals surface area (Å²) in [4.78, 5) is 58.4. The van der Waals surface area contributed by atoms with Crippen LogP contribution in [0.15, 0.2) is 78.9 Å². The molecule has 0 aliphatic rings. The maximum atomic E-state index is 14.7. The third-order valence-electron chi connectivity index (χ3n) is 7.59. The minimum atomic E-state index is -1.01. The molecule has 1 atom stereocenters. The number of aryl methyl sites for hydroxylation is 1. The van der Waals surface area contributed by atoms with Crippen molar-refractivity contribution in [2.75, 3.05) is 19.6 Å². The largest absolute Gasteiger partial charge is 0.508 e. The lowest BCUT2D eigenvalue weighted by Gasteiger charge is -2.29. The number of carboxylic acids is 1. The van der Waals surface area contributed by atoms with Crippen molar-refractivity contribution >= 4 is 34.6 Å². The lowest BCUT2D eigenvalue weighted by atomic mass is 9.85. The van der Waals surface area contributed by atoms with E-state index in [1.54, 1.807) is 0 Å². The lowest BCUT2D eigenvalue weighted by molar-refractivity contribution is -0.137. The monoisotopic (exact) mass is 610 g/mol. The first-order valence-corrected chi connectivity index (χ1v) is 15.0. The van der Waals surface area contributed by atoms with E-state index in [2.05, 4.69) is 5.32 Å². The minimum Gasteiger partial charge on any atom is -0.508 e. The molecule has 3 aromatic carbocycles. The van der Waals surface area contributed by atoms with Gasteiger partial charge in [-0.3, -0.25) is 29.1 Å². The standard InChI is InChI=1S/C35H38N4O6/c1-23-32(33(24-10-3-2-4-11-24)27-12-5-6-13-29(27)38-23)28(22-37-30(41)14-9-15-31(42)43)35(45)39(21-8-7-20-36)34(44)25-16-18-26(40)19-17-25/h2-6,10-13,16-19,28,40H,7-9,14-15,20-22,36H2,1H3,(H,37,41)(H,42,43). The molecule has 3 amide bonds. The highest BCUT2D eigenvalue weighted by Crippen LogP contribution is 2.38. The Bertz CT molecular complexity index is 1660. The number of aromatic hydroxyl groups is 1. The van der Waals surface area contributed by atoms with E-state index >= 15 is 0 Å². The van der Waals surface area contributed by atoms with Crippen LogP contribution >= 0.6 is 0 Å². The lowest BCUT2D eigenvalue weighted by Crippen LogP contribution is -2.44. The fraction of sp³-hybridized carbons (Fsp3) is 0.286. The summed E-state index contributed by atoms with van der Waals surface area (Å²) in [7, 11) is 0. The number of nitrogens with one attached hydrogen (secondary N) is 1. The summed E-state index contributed by atoms with van der Waals surface area (Å²) >= 11 is 0. The molecular formula is C35H38N4O6. The number of amides is 3. The molecule has 10 nitrogen and oxygen atoms in total. The number of pyridine rings is 1. The number of carbonyl (C=O) groups is 4. The Kier molecular flexibility index (Phi) is 11.4. The van der Waals surface area contributed by atoms with E-state index in [9.17, 15) is 24.3 Å². The van der Waals surface area contributed by atoms with Gasteiger partial charge in [0, 0.05) is 42.6 Å². The van der Waals surface area contributed by atoms with Gasteiger partial charge in [0.2, 0.25) is 11.8 Å². The van der Waals surface area contributed by atoms with Crippen LogP contribution in [0.4, 0.5) is 0 Å². The van der Waals surface area contributed by atoms with E-state index in [0.29, 0.717) is 30.6 Å². The number of hydrogen-bond donors (Lipinski definition) is 4. The Morgan fingerprint density at radius 3 is 2.27 bits per heavy atom. The molecule has 0 fully saturated rings. The number of rotatable bonds is 14. The minimum absolute atomic E-state index is 0.0126. The fourth-order valence-corrected chi connectivity index (χ4v) is 5.38. The molecule has 4 rings (SSSR count). The maximum Gasteiger partial charge on any atom is 0.303 e. The normalized spacial score (nSPS) is 11.6. The van der Waals surface area contributed by atoms with Crippen LogP contribution in [0, 0.1) is 6.92 Å². The van der Waals surface area contributed by atoms with E-state index in [1.807, 2.05) is 61.5 Å². The molecule has 1 heterocycles. The molecule has 0 bridgehead atoms. The predicted octanol–water partition coefficient (Wildman–Crippen LogP) is 4.78. The number of carbonyl (C=O) groups excluding carboxylic acids is 3. The molecule has 0 aliphatic heterocycles. The quantitative estimate of drug-likeness (QED) is 0.148. The average Bonchev–Trinajstić information content (AvgIpc) is 3.03. The number of nitrogens with zero attached hydrogens (tertiary/aromatic N) is 2. The molecule has 1 aromatic heterocycles. The average molecular weight is 611 g/mol. The summed E-state index contributed by atoms with van der Waals surface area (Å²) in [5, 5.41) is 22.4. The Balaban J connectivity index is 1.85. The van der Waals surface area contributed by atoms with Gasteiger partial charge in [0.25, 0.3) is 5.91 Å². The Morgan fingerprint density at radius 1 is 0.889 bits per heavy atom. The number of hydrogen-bond acceptors (Lipinski definition) is 7. The highest BCUT2D eigenvalue weighted by atomic mass is 16.4. The zero-order valence-electron chi connectivity index (χ0n) is 25.2. The summed E-state index contributed by atoms with van der Waals surface area (Å²) in [5.74, 6) is -3.49. The Hall–Kier alpha value is -5.09. The third-order valence-corrected chi connectivity index (χ3v) is 7.59. The second-order valence-electron chi connectivity index (χ2n) is 10.8. The second-order valence-corrected chi connectivity index (χ2v) is 10.8. The van der Waals surface area contributed by atoms with Gasteiger partial charge in [0.15, 0.2) is 0 Å². The van der Waals surface area contributed by atoms with E-state index in [-0.39, 0.29) is 43.7 Å². The van der Waals surface area contributed by atoms with Crippen LogP contribution in [-0.4, -0.2) is 63.4 Å². The number of unbranched alkanes of at least 4 members (excludes halogenated alkanes) is 1. The van der Waals surface area contributed by atoms with E-state index in [1.165, 1.54) is 29.2 Å². The van der Waals surface area contributed by atoms with Crippen LogP contribution < -0.4 is 11.1 Å². The summed E-state index contributed by atoms with van der Waals surface area (Å²) in [6.07, 6.45) is 1.03. The molecule has 0 saturated carbocycles. The van der Waals surface area contributed by atoms with Crippen molar-refractivity contribution in [3.8, 4) is 16.9 Å². The summed E-state index contributed by atoms with van der Waals surface area (Å²) < 4.78 is 0. The topological polar surface area (TPSA) is 163 Å². The molecule has 4 aromatic rings. The third kappa shape index (κ3) is 8.30. The smallest absolute Gasteiger partial charge is 0.303 e. The van der Waals surface area contributed by atoms with Gasteiger partial charge in [-0.1, -0.05) is 48.5 Å². The van der Waals surface area contributed by atoms with Crippen molar-refractivity contribution in [1.82, 2.24) is 15.2 Å². The van der Waals surface area contributed by atoms with Gasteiger partial charge in [-0.2, -0.15) is 0 Å². The van der Waals surface area contributed by atoms with Gasteiger partial charge in [0.1, 0.15) is 5.75 Å². The highest BCUT2D eigenvalue weighted by Gasteiger charge is 2.34.